The van der Waals surface area contributed by atoms with Gasteiger partial charge in [0.1, 0.15) is 5.78 Å². The molecule has 1 saturated carbocycles. The summed E-state index contributed by atoms with van der Waals surface area (Å²) in [4.78, 5) is 11.1. The summed E-state index contributed by atoms with van der Waals surface area (Å²) in [7, 11) is 1.85. The van der Waals surface area contributed by atoms with Gasteiger partial charge in [0.15, 0.2) is 4.60 Å². The molecule has 2 atom stereocenters. The van der Waals surface area contributed by atoms with E-state index in [-0.39, 0.29) is 11.7 Å². The van der Waals surface area contributed by atoms with Crippen LogP contribution in [0.1, 0.15) is 25.0 Å². The number of nitrogens with zero attached hydrogens (tertiary/aromatic N) is 3. The number of ketones is 1. The van der Waals surface area contributed by atoms with Crippen molar-refractivity contribution >= 4 is 21.7 Å². The van der Waals surface area contributed by atoms with Gasteiger partial charge in [-0.3, -0.25) is 9.48 Å². The van der Waals surface area contributed by atoms with E-state index >= 15 is 0 Å². The Morgan fingerprint density at radius 2 is 2.38 bits per heavy atom. The maximum Gasteiger partial charge on any atom is 0.151 e. The largest absolute Gasteiger partial charge is 0.300 e. The van der Waals surface area contributed by atoms with Crippen molar-refractivity contribution in [2.24, 2.45) is 13.0 Å². The monoisotopic (exact) mass is 243 g/mol. The molecule has 2 unspecified atom stereocenters. The quantitative estimate of drug-likeness (QED) is 0.787. The Bertz CT molecular complexity index is 341. The highest BCUT2D eigenvalue weighted by Crippen LogP contribution is 2.49. The van der Waals surface area contributed by atoms with Crippen molar-refractivity contribution in [1.29, 1.82) is 0 Å². The number of carbonyl (C=O) groups excluding carboxylic acids is 1. The van der Waals surface area contributed by atoms with Crippen LogP contribution in [0, 0.1) is 5.92 Å². The van der Waals surface area contributed by atoms with Crippen molar-refractivity contribution in [2.75, 3.05) is 0 Å². The number of hydrogen-bond donors (Lipinski definition) is 0. The summed E-state index contributed by atoms with van der Waals surface area (Å²) >= 11 is 3.33. The predicted octanol–water partition coefficient (Wildman–Crippen LogP) is 1.27. The van der Waals surface area contributed by atoms with Crippen LogP contribution in [0.2, 0.25) is 0 Å². The number of Topliss-reactive ketones (excluding diaryl/α,β-unsaturated/α-hetero) is 1. The minimum atomic E-state index is 0.188. The number of carbonyl (C=O) groups is 1. The summed E-state index contributed by atoms with van der Waals surface area (Å²) in [6.45, 7) is 1.64. The van der Waals surface area contributed by atoms with Crippen LogP contribution < -0.4 is 0 Å². The Hall–Kier alpha value is -0.710. The van der Waals surface area contributed by atoms with Crippen LogP contribution >= 0.6 is 15.9 Å². The van der Waals surface area contributed by atoms with E-state index in [1.165, 1.54) is 0 Å². The molecular weight excluding hydrogens is 234 g/mol. The summed E-state index contributed by atoms with van der Waals surface area (Å²) in [5, 5.41) is 7.77. The third kappa shape index (κ3) is 1.41. The van der Waals surface area contributed by atoms with E-state index in [0.29, 0.717) is 5.92 Å². The second-order valence-corrected chi connectivity index (χ2v) is 4.20. The average molecular weight is 244 g/mol. The van der Waals surface area contributed by atoms with Gasteiger partial charge in [0, 0.05) is 18.9 Å². The minimum absolute atomic E-state index is 0.188. The maximum atomic E-state index is 11.1. The highest BCUT2D eigenvalue weighted by molar-refractivity contribution is 9.10. The van der Waals surface area contributed by atoms with Crippen molar-refractivity contribution < 1.29 is 4.79 Å². The fourth-order valence-electron chi connectivity index (χ4n) is 1.68. The van der Waals surface area contributed by atoms with Gasteiger partial charge in [0.05, 0.1) is 5.69 Å². The van der Waals surface area contributed by atoms with Crippen LogP contribution in [0.4, 0.5) is 0 Å². The zero-order chi connectivity index (χ0) is 9.59. The molecule has 0 aromatic carbocycles. The van der Waals surface area contributed by atoms with Crippen LogP contribution in [-0.2, 0) is 11.8 Å². The first kappa shape index (κ1) is 8.87. The van der Waals surface area contributed by atoms with Gasteiger partial charge in [-0.05, 0) is 29.3 Å². The number of halogens is 1. The number of rotatable bonds is 2. The Kier molecular flexibility index (Phi) is 1.98. The molecule has 0 aliphatic heterocycles. The standard InChI is InChI=1S/C8H10BrN3O/c1-4(13)5-3-6(5)7-8(9)10-11-12(7)2/h5-6H,3H2,1-2H3. The molecule has 13 heavy (non-hydrogen) atoms. The van der Waals surface area contributed by atoms with E-state index in [9.17, 15) is 4.79 Å². The van der Waals surface area contributed by atoms with Crippen molar-refractivity contribution in [1.82, 2.24) is 15.0 Å². The Labute approximate surface area is 84.4 Å². The second kappa shape index (κ2) is 2.90. The molecule has 0 saturated heterocycles. The lowest BCUT2D eigenvalue weighted by molar-refractivity contribution is -0.118. The molecule has 4 nitrogen and oxygen atoms in total. The molecular formula is C8H10BrN3O. The van der Waals surface area contributed by atoms with E-state index in [0.717, 1.165) is 16.7 Å². The Morgan fingerprint density at radius 1 is 1.69 bits per heavy atom. The zero-order valence-corrected chi connectivity index (χ0v) is 9.08. The molecule has 70 valence electrons. The lowest BCUT2D eigenvalue weighted by Gasteiger charge is -1.97. The first-order chi connectivity index (χ1) is 6.11. The predicted molar refractivity (Wildman–Crippen MR) is 50.2 cm³/mol. The molecule has 1 aliphatic carbocycles. The van der Waals surface area contributed by atoms with E-state index in [1.54, 1.807) is 11.6 Å². The summed E-state index contributed by atoms with van der Waals surface area (Å²) in [6, 6.07) is 0. The molecule has 0 bridgehead atoms. The molecule has 1 heterocycles. The molecule has 5 heteroatoms. The van der Waals surface area contributed by atoms with Gasteiger partial charge in [0.25, 0.3) is 0 Å². The minimum Gasteiger partial charge on any atom is -0.300 e. The van der Waals surface area contributed by atoms with Crippen LogP contribution in [0.3, 0.4) is 0 Å². The maximum absolute atomic E-state index is 11.1. The Morgan fingerprint density at radius 3 is 2.77 bits per heavy atom. The average Bonchev–Trinajstić information content (AvgIpc) is 2.76. The third-order valence-electron chi connectivity index (χ3n) is 2.49. The summed E-state index contributed by atoms with van der Waals surface area (Å²) < 4.78 is 2.50. The molecule has 1 fully saturated rings. The van der Waals surface area contributed by atoms with Crippen LogP contribution in [0.5, 0.6) is 0 Å². The van der Waals surface area contributed by atoms with E-state index in [1.807, 2.05) is 7.05 Å². The molecule has 0 radical (unpaired) electrons. The van der Waals surface area contributed by atoms with Crippen LogP contribution in [0.15, 0.2) is 4.60 Å². The lowest BCUT2D eigenvalue weighted by atomic mass is 10.2. The smallest absolute Gasteiger partial charge is 0.151 e. The molecule has 0 amide bonds. The molecule has 1 aliphatic rings. The fourth-order valence-corrected chi connectivity index (χ4v) is 2.30. The van der Waals surface area contributed by atoms with E-state index in [2.05, 4.69) is 26.2 Å². The second-order valence-electron chi connectivity index (χ2n) is 3.45. The highest BCUT2D eigenvalue weighted by Gasteiger charge is 2.44. The van der Waals surface area contributed by atoms with Gasteiger partial charge < -0.3 is 0 Å². The first-order valence-corrected chi connectivity index (χ1v) is 4.96. The number of aromatic nitrogens is 3. The van der Waals surface area contributed by atoms with Gasteiger partial charge in [-0.15, -0.1) is 5.10 Å². The van der Waals surface area contributed by atoms with Gasteiger partial charge in [-0.25, -0.2) is 0 Å². The highest BCUT2D eigenvalue weighted by atomic mass is 79.9. The van der Waals surface area contributed by atoms with Gasteiger partial charge in [-0.1, -0.05) is 5.21 Å². The molecule has 0 N–H and O–H groups in total. The Balaban J connectivity index is 2.24. The SMILES string of the molecule is CC(=O)C1CC1c1c(Br)nnn1C. The molecule has 1 aromatic rings. The normalized spacial score (nSPS) is 26.1. The summed E-state index contributed by atoms with van der Waals surface area (Å²) in [5.41, 5.74) is 1.04. The topological polar surface area (TPSA) is 47.8 Å². The third-order valence-corrected chi connectivity index (χ3v) is 3.06. The summed E-state index contributed by atoms with van der Waals surface area (Å²) in [5.74, 6) is 0.776. The van der Waals surface area contributed by atoms with Gasteiger partial charge >= 0.3 is 0 Å². The van der Waals surface area contributed by atoms with Crippen LogP contribution in [0.25, 0.3) is 0 Å². The number of hydrogen-bond acceptors (Lipinski definition) is 3. The number of aryl methyl sites for hydroxylation is 1. The van der Waals surface area contributed by atoms with Crippen molar-refractivity contribution in [2.45, 2.75) is 19.3 Å². The zero-order valence-electron chi connectivity index (χ0n) is 7.49. The van der Waals surface area contributed by atoms with Crippen LogP contribution in [-0.4, -0.2) is 20.8 Å². The first-order valence-electron chi connectivity index (χ1n) is 4.16. The summed E-state index contributed by atoms with van der Waals surface area (Å²) in [6.07, 6.45) is 0.940. The van der Waals surface area contributed by atoms with Crippen molar-refractivity contribution in [3.63, 3.8) is 0 Å². The van der Waals surface area contributed by atoms with Gasteiger partial charge in [-0.2, -0.15) is 0 Å². The van der Waals surface area contributed by atoms with Crippen molar-refractivity contribution in [3.05, 3.63) is 10.3 Å². The fraction of sp³-hybridized carbons (Fsp3) is 0.625. The van der Waals surface area contributed by atoms with Gasteiger partial charge in [0.2, 0.25) is 0 Å². The molecule has 2 rings (SSSR count). The van der Waals surface area contributed by atoms with Crippen molar-refractivity contribution in [3.8, 4) is 0 Å². The van der Waals surface area contributed by atoms with E-state index < -0.39 is 0 Å². The molecule has 0 spiro atoms. The molecule has 1 aromatic heterocycles. The lowest BCUT2D eigenvalue weighted by Crippen LogP contribution is -2.01. The van der Waals surface area contributed by atoms with E-state index in [4.69, 9.17) is 0 Å².